The van der Waals surface area contributed by atoms with Crippen molar-refractivity contribution in [3.63, 3.8) is 0 Å². The molecule has 2 aromatic rings. The first-order valence-corrected chi connectivity index (χ1v) is 10.9. The van der Waals surface area contributed by atoms with Crippen LogP contribution in [-0.2, 0) is 6.42 Å². The van der Waals surface area contributed by atoms with Crippen molar-refractivity contribution >= 4 is 27.6 Å². The third-order valence-electron chi connectivity index (χ3n) is 4.46. The number of ether oxygens (including phenoxy) is 1. The normalized spacial score (nSPS) is 11.4. The molecule has 7 heteroatoms. The van der Waals surface area contributed by atoms with Crippen LogP contribution < -0.4 is 10.1 Å². The molecule has 0 aliphatic heterocycles. The summed E-state index contributed by atoms with van der Waals surface area (Å²) in [6.07, 6.45) is 1.02. The van der Waals surface area contributed by atoms with Gasteiger partial charge in [0, 0.05) is 17.7 Å². The number of Topliss-reactive ketones (excluding diaryl/α,β-unsaturated/α-hetero) is 1. The largest absolute Gasteiger partial charge is 0.492 e. The van der Waals surface area contributed by atoms with Gasteiger partial charge in [0.05, 0.1) is 23.6 Å². The number of alkyl halides is 1. The molecule has 0 aliphatic rings. The molecule has 0 aliphatic carbocycles. The summed E-state index contributed by atoms with van der Waals surface area (Å²) in [4.78, 5) is 23.9. The summed E-state index contributed by atoms with van der Waals surface area (Å²) in [7, 11) is 0. The molecule has 30 heavy (non-hydrogen) atoms. The third kappa shape index (κ3) is 6.97. The predicted molar refractivity (Wildman–Crippen MR) is 118 cm³/mol. The highest BCUT2D eigenvalue weighted by molar-refractivity contribution is 9.09. The molecule has 0 heterocycles. The van der Waals surface area contributed by atoms with Gasteiger partial charge in [-0.1, -0.05) is 47.1 Å². The van der Waals surface area contributed by atoms with E-state index in [1.54, 1.807) is 24.3 Å². The lowest BCUT2D eigenvalue weighted by molar-refractivity contribution is 0.0942. The number of amides is 1. The van der Waals surface area contributed by atoms with Crippen LogP contribution in [-0.4, -0.2) is 41.4 Å². The number of nitriles is 1. The van der Waals surface area contributed by atoms with Crippen molar-refractivity contribution in [2.24, 2.45) is 0 Å². The molecule has 158 valence electrons. The summed E-state index contributed by atoms with van der Waals surface area (Å²) in [5.41, 5.74) is 2.23. The van der Waals surface area contributed by atoms with Crippen molar-refractivity contribution in [2.45, 2.75) is 32.3 Å². The van der Waals surface area contributed by atoms with Gasteiger partial charge >= 0.3 is 0 Å². The highest BCUT2D eigenvalue weighted by Gasteiger charge is 2.12. The molecule has 0 aromatic heterocycles. The zero-order valence-electron chi connectivity index (χ0n) is 16.9. The van der Waals surface area contributed by atoms with Gasteiger partial charge in [-0.2, -0.15) is 5.26 Å². The van der Waals surface area contributed by atoms with Gasteiger partial charge in [-0.3, -0.25) is 9.59 Å². The van der Waals surface area contributed by atoms with Crippen LogP contribution in [0.3, 0.4) is 0 Å². The van der Waals surface area contributed by atoms with Gasteiger partial charge in [0.1, 0.15) is 11.8 Å². The Morgan fingerprint density at radius 1 is 1.20 bits per heavy atom. The molecule has 1 unspecified atom stereocenters. The van der Waals surface area contributed by atoms with Crippen molar-refractivity contribution in [1.29, 1.82) is 5.26 Å². The van der Waals surface area contributed by atoms with Crippen molar-refractivity contribution < 1.29 is 19.4 Å². The Morgan fingerprint density at radius 2 is 1.90 bits per heavy atom. The van der Waals surface area contributed by atoms with E-state index in [4.69, 9.17) is 4.74 Å². The van der Waals surface area contributed by atoms with Crippen molar-refractivity contribution in [3.8, 4) is 11.8 Å². The maximum atomic E-state index is 12.3. The molecule has 0 fully saturated rings. The Bertz CT molecular complexity index is 906. The van der Waals surface area contributed by atoms with E-state index in [0.29, 0.717) is 48.4 Å². The van der Waals surface area contributed by atoms with Crippen LogP contribution in [0.15, 0.2) is 42.5 Å². The fourth-order valence-corrected chi connectivity index (χ4v) is 3.15. The van der Waals surface area contributed by atoms with E-state index >= 15 is 0 Å². The van der Waals surface area contributed by atoms with E-state index < -0.39 is 6.10 Å². The SMILES string of the molecule is CCCOc1ccc(C(=O)NCCC(O)Cc2ccc(C(=O)CBr)cc2)cc1C#N. The number of carbonyl (C=O) groups excluding carboxylic acids is 2. The van der Waals surface area contributed by atoms with E-state index in [9.17, 15) is 20.0 Å². The van der Waals surface area contributed by atoms with Crippen LogP contribution in [0.1, 0.15) is 51.6 Å². The molecule has 0 saturated carbocycles. The number of ketones is 1. The van der Waals surface area contributed by atoms with Crippen LogP contribution in [0.2, 0.25) is 0 Å². The fourth-order valence-electron chi connectivity index (χ4n) is 2.83. The number of hydrogen-bond donors (Lipinski definition) is 2. The standard InChI is InChI=1S/C23H25BrN2O4/c1-2-11-30-22-8-7-18(13-19(22)15-25)23(29)26-10-9-20(27)12-16-3-5-17(6-4-16)21(28)14-24/h3-8,13,20,27H,2,9-12,14H2,1H3,(H,26,29). The Labute approximate surface area is 185 Å². The molecule has 6 nitrogen and oxygen atoms in total. The number of nitrogens with one attached hydrogen (secondary N) is 1. The molecule has 0 spiro atoms. The lowest BCUT2D eigenvalue weighted by Crippen LogP contribution is -2.27. The molecular weight excluding hydrogens is 448 g/mol. The van der Waals surface area contributed by atoms with E-state index in [1.165, 1.54) is 6.07 Å². The fraction of sp³-hybridized carbons (Fsp3) is 0.348. The Hall–Kier alpha value is -2.69. The number of benzene rings is 2. The van der Waals surface area contributed by atoms with E-state index in [1.807, 2.05) is 25.1 Å². The minimum Gasteiger partial charge on any atom is -0.492 e. The van der Waals surface area contributed by atoms with Gasteiger partial charge in [-0.15, -0.1) is 0 Å². The average Bonchev–Trinajstić information content (AvgIpc) is 2.77. The average molecular weight is 473 g/mol. The Balaban J connectivity index is 1.83. The van der Waals surface area contributed by atoms with Crippen LogP contribution in [0.4, 0.5) is 0 Å². The quantitative estimate of drug-likeness (QED) is 0.384. The first-order valence-electron chi connectivity index (χ1n) is 9.79. The molecule has 2 rings (SSSR count). The van der Waals surface area contributed by atoms with Gasteiger partial charge in [0.15, 0.2) is 5.78 Å². The second-order valence-electron chi connectivity index (χ2n) is 6.83. The second-order valence-corrected chi connectivity index (χ2v) is 7.39. The molecule has 1 atom stereocenters. The number of hydrogen-bond acceptors (Lipinski definition) is 5. The minimum atomic E-state index is -0.623. The lowest BCUT2D eigenvalue weighted by Gasteiger charge is -2.12. The lowest BCUT2D eigenvalue weighted by atomic mass is 10.0. The molecule has 2 aromatic carbocycles. The van der Waals surface area contributed by atoms with Gasteiger partial charge in [0.25, 0.3) is 5.91 Å². The van der Waals surface area contributed by atoms with E-state index in [-0.39, 0.29) is 17.0 Å². The first kappa shape index (κ1) is 23.6. The topological polar surface area (TPSA) is 99.4 Å². The zero-order chi connectivity index (χ0) is 21.9. The van der Waals surface area contributed by atoms with Gasteiger partial charge < -0.3 is 15.2 Å². The van der Waals surface area contributed by atoms with Gasteiger partial charge in [-0.25, -0.2) is 0 Å². The van der Waals surface area contributed by atoms with Crippen LogP contribution in [0, 0.1) is 11.3 Å². The highest BCUT2D eigenvalue weighted by atomic mass is 79.9. The number of carbonyl (C=O) groups is 2. The van der Waals surface area contributed by atoms with Crippen molar-refractivity contribution in [2.75, 3.05) is 18.5 Å². The molecule has 0 bridgehead atoms. The predicted octanol–water partition coefficient (Wildman–Crippen LogP) is 3.65. The Morgan fingerprint density at radius 3 is 2.53 bits per heavy atom. The summed E-state index contributed by atoms with van der Waals surface area (Å²) >= 11 is 3.14. The van der Waals surface area contributed by atoms with E-state index in [2.05, 4.69) is 21.2 Å². The molecule has 0 saturated heterocycles. The van der Waals surface area contributed by atoms with Crippen LogP contribution in [0.5, 0.6) is 5.75 Å². The maximum Gasteiger partial charge on any atom is 0.251 e. The van der Waals surface area contributed by atoms with Crippen molar-refractivity contribution in [3.05, 3.63) is 64.7 Å². The summed E-state index contributed by atoms with van der Waals surface area (Å²) in [6.45, 7) is 2.78. The molecule has 1 amide bonds. The molecule has 0 radical (unpaired) electrons. The summed E-state index contributed by atoms with van der Waals surface area (Å²) < 4.78 is 5.50. The smallest absolute Gasteiger partial charge is 0.251 e. The van der Waals surface area contributed by atoms with Gasteiger partial charge in [-0.05, 0) is 43.0 Å². The highest BCUT2D eigenvalue weighted by Crippen LogP contribution is 2.19. The summed E-state index contributed by atoms with van der Waals surface area (Å²) in [5.74, 6) is 0.169. The van der Waals surface area contributed by atoms with Gasteiger partial charge in [0.2, 0.25) is 0 Å². The summed E-state index contributed by atoms with van der Waals surface area (Å²) in [6, 6.07) is 13.9. The number of aliphatic hydroxyl groups is 1. The minimum absolute atomic E-state index is 0.00863. The van der Waals surface area contributed by atoms with Crippen LogP contribution in [0.25, 0.3) is 0 Å². The monoisotopic (exact) mass is 472 g/mol. The first-order chi connectivity index (χ1) is 14.5. The van der Waals surface area contributed by atoms with Crippen LogP contribution >= 0.6 is 15.9 Å². The molecule has 2 N–H and O–H groups in total. The third-order valence-corrected chi connectivity index (χ3v) is 4.96. The number of aliphatic hydroxyl groups excluding tert-OH is 1. The molecular formula is C23H25BrN2O4. The second kappa shape index (κ2) is 12.1. The Kier molecular flexibility index (Phi) is 9.52. The summed E-state index contributed by atoms with van der Waals surface area (Å²) in [5, 5.41) is 22.5. The zero-order valence-corrected chi connectivity index (χ0v) is 18.4. The number of nitrogens with zero attached hydrogens (tertiary/aromatic N) is 1. The number of halogens is 1. The maximum absolute atomic E-state index is 12.3. The number of rotatable bonds is 11. The van der Waals surface area contributed by atoms with Crippen molar-refractivity contribution in [1.82, 2.24) is 5.32 Å². The van der Waals surface area contributed by atoms with E-state index in [0.717, 1.165) is 12.0 Å².